The van der Waals surface area contributed by atoms with Crippen molar-refractivity contribution < 1.29 is 47.4 Å². The number of ether oxygens (including phenoxy) is 10. The molecule has 12 rings (SSSR count). The molecule has 0 aliphatic carbocycles. The molecule has 12 nitrogen and oxygen atoms in total. The van der Waals surface area contributed by atoms with Crippen LogP contribution in [-0.2, 0) is 0 Å². The van der Waals surface area contributed by atoms with Crippen LogP contribution in [0.4, 0.5) is 0 Å². The Hall–Kier alpha value is -4.20. The summed E-state index contributed by atoms with van der Waals surface area (Å²) in [6.45, 7) is 9.62. The molecular formula is C38H30O12S6+2. The highest BCUT2D eigenvalue weighted by Crippen LogP contribution is 2.49. The number of fused-ring (bicyclic) bond motifs is 6. The molecule has 0 N–H and O–H groups in total. The van der Waals surface area contributed by atoms with E-state index in [0.717, 1.165) is 77.4 Å². The summed E-state index contributed by atoms with van der Waals surface area (Å²) in [4.78, 5) is 2.12. The molecule has 12 heterocycles. The highest BCUT2D eigenvalue weighted by molar-refractivity contribution is 7.16. The minimum absolute atomic E-state index is 0.419. The fourth-order valence-corrected chi connectivity index (χ4v) is 15.0. The third-order valence-electron chi connectivity index (χ3n) is 9.75. The largest absolute Gasteiger partial charge is 0.485 e. The molecule has 6 aliphatic rings. The van der Waals surface area contributed by atoms with Crippen LogP contribution in [0.15, 0.2) is 8.85 Å². The van der Waals surface area contributed by atoms with Crippen molar-refractivity contribution in [1.29, 1.82) is 0 Å². The molecule has 0 aromatic carbocycles. The van der Waals surface area contributed by atoms with Crippen LogP contribution in [0, 0.1) is 59.2 Å². The first kappa shape index (κ1) is 33.9. The summed E-state index contributed by atoms with van der Waals surface area (Å²) in [6, 6.07) is 0. The molecule has 6 aromatic heterocycles. The van der Waals surface area contributed by atoms with Gasteiger partial charge >= 0.3 is 10.9 Å². The van der Waals surface area contributed by atoms with Gasteiger partial charge < -0.3 is 47.4 Å². The van der Waals surface area contributed by atoms with E-state index in [9.17, 15) is 0 Å². The topological polar surface area (TPSA) is 115 Å². The van der Waals surface area contributed by atoms with Gasteiger partial charge in [0.15, 0.2) is 68.3 Å². The van der Waals surface area contributed by atoms with Crippen molar-refractivity contribution in [2.45, 2.75) is 13.8 Å². The summed E-state index contributed by atoms with van der Waals surface area (Å²) >= 11 is 9.69. The lowest BCUT2D eigenvalue weighted by atomic mass is 10.3. The predicted octanol–water partition coefficient (Wildman–Crippen LogP) is 6.21. The monoisotopic (exact) mass is 870 g/mol. The average molecular weight is 871 g/mol. The van der Waals surface area contributed by atoms with Crippen LogP contribution in [0.2, 0.25) is 0 Å². The summed E-state index contributed by atoms with van der Waals surface area (Å²) in [5.41, 5.74) is 1.52. The minimum Gasteiger partial charge on any atom is -0.485 e. The molecule has 0 saturated heterocycles. The number of thiophene rings is 6. The molecule has 288 valence electrons. The second-order valence-electron chi connectivity index (χ2n) is 13.1. The van der Waals surface area contributed by atoms with E-state index in [-0.39, 0.29) is 0 Å². The van der Waals surface area contributed by atoms with E-state index in [1.165, 1.54) is 0 Å². The molecule has 18 heteroatoms. The van der Waals surface area contributed by atoms with Crippen molar-refractivity contribution in [2.75, 3.05) is 79.3 Å². The Morgan fingerprint density at radius 2 is 0.518 bits per heavy atom. The quantitative estimate of drug-likeness (QED) is 0.164. The van der Waals surface area contributed by atoms with Gasteiger partial charge in [0, 0.05) is 0 Å². The lowest BCUT2D eigenvalue weighted by Crippen LogP contribution is -2.18. The van der Waals surface area contributed by atoms with Crippen molar-refractivity contribution in [1.82, 2.24) is 0 Å². The van der Waals surface area contributed by atoms with Crippen LogP contribution in [-0.4, -0.2) is 79.3 Å². The standard InChI is InChI=1S/C38H30O12S6/c1-15-17-19(41-5-3-39-17)29(51-15)31-21-23(45-9-7-43-21)33(53-31)35-25-27(49-13-11-47-25)37(55-35)38-28-26(48-12-14-50-28)36(56-38)34-24-22(44-8-10-46-24)32(54-34)30-20-18(16(2)52-30)40-4-6-42-20/h3-14H2,1-2H3/q+2. The van der Waals surface area contributed by atoms with Crippen molar-refractivity contribution in [3.05, 3.63) is 74.8 Å². The lowest BCUT2D eigenvalue weighted by Gasteiger charge is -2.16. The van der Waals surface area contributed by atoms with Gasteiger partial charge in [-0.25, -0.2) is 8.85 Å². The first-order chi connectivity index (χ1) is 27.6. The third kappa shape index (κ3) is 5.01. The van der Waals surface area contributed by atoms with Gasteiger partial charge in [-0.2, -0.15) is 0 Å². The van der Waals surface area contributed by atoms with Crippen LogP contribution >= 0.6 is 68.0 Å². The second kappa shape index (κ2) is 13.2. The Balaban J connectivity index is 1.23. The van der Waals surface area contributed by atoms with Gasteiger partial charge in [0.25, 0.3) is 13.2 Å². The van der Waals surface area contributed by atoms with Gasteiger partial charge in [0.1, 0.15) is 61.9 Å². The van der Waals surface area contributed by atoms with Crippen molar-refractivity contribution in [3.63, 3.8) is 0 Å². The van der Waals surface area contributed by atoms with Crippen molar-refractivity contribution >= 4 is 68.0 Å². The van der Waals surface area contributed by atoms with Gasteiger partial charge in [0.2, 0.25) is 11.5 Å². The maximum absolute atomic E-state index is 6.47. The Bertz CT molecular complexity index is 3070. The van der Waals surface area contributed by atoms with E-state index < -0.39 is 0 Å². The average Bonchev–Trinajstić information content (AvgIpc) is 4.10. The fourth-order valence-electron chi connectivity index (χ4n) is 7.49. The third-order valence-corrected chi connectivity index (χ3v) is 17.3. The van der Waals surface area contributed by atoms with E-state index in [1.807, 2.05) is 0 Å². The Kier molecular flexibility index (Phi) is 7.97. The van der Waals surface area contributed by atoms with E-state index in [0.29, 0.717) is 125 Å². The van der Waals surface area contributed by atoms with Crippen molar-refractivity contribution in [2.24, 2.45) is 0 Å². The molecule has 56 heavy (non-hydrogen) atoms. The highest BCUT2D eigenvalue weighted by Gasteiger charge is 2.31. The second-order valence-corrected chi connectivity index (χ2v) is 19.7. The van der Waals surface area contributed by atoms with Crippen molar-refractivity contribution in [3.8, 4) is 57.5 Å². The van der Waals surface area contributed by atoms with Gasteiger partial charge in [-0.1, -0.05) is 0 Å². The highest BCUT2D eigenvalue weighted by atomic mass is 32.1. The summed E-state index contributed by atoms with van der Waals surface area (Å²) < 4.78 is 84.9. The number of hydrogen-bond donors (Lipinski definition) is 0. The molecule has 6 aromatic rings. The minimum atomic E-state index is 0.419. The smallest absolute Gasteiger partial charge is 0.404 e. The van der Waals surface area contributed by atoms with E-state index >= 15 is 0 Å². The van der Waals surface area contributed by atoms with Gasteiger partial charge in [0.05, 0.1) is 36.9 Å². The zero-order valence-electron chi connectivity index (χ0n) is 29.8. The Morgan fingerprint density at radius 3 is 0.786 bits per heavy atom. The first-order valence-corrected chi connectivity index (χ1v) is 23.0. The summed E-state index contributed by atoms with van der Waals surface area (Å²) in [5.74, 6) is 7.12. The molecule has 0 unspecified atom stereocenters. The van der Waals surface area contributed by atoms with E-state index in [1.54, 1.807) is 68.0 Å². The van der Waals surface area contributed by atoms with E-state index in [2.05, 4.69) is 13.8 Å². The predicted molar refractivity (Wildman–Crippen MR) is 212 cm³/mol. The zero-order valence-corrected chi connectivity index (χ0v) is 34.7. The zero-order chi connectivity index (χ0) is 37.1. The molecule has 0 amide bonds. The molecule has 0 spiro atoms. The molecule has 0 radical (unpaired) electrons. The SMILES string of the molecule is Cc1sc(=c2s/c(=c3/s/c(=c4/s/c(=c5/sc(=c6sc(C)c7c6=[O+]CCO7)c6c5OCCO6)c5c4OCCO5)c4c3OCCO4)c3c2OCCO3)c2c1OCC[O+]=2. The normalized spacial score (nSPS) is 20.5. The number of rotatable bonds is 0. The maximum Gasteiger partial charge on any atom is 0.404 e. The van der Waals surface area contributed by atoms with Crippen LogP contribution in [0.5, 0.6) is 57.5 Å². The first-order valence-electron chi connectivity index (χ1n) is 18.1. The molecule has 6 aliphatic heterocycles. The summed E-state index contributed by atoms with van der Waals surface area (Å²) in [5, 5.41) is 0. The molecule has 0 bridgehead atoms. The number of aryl methyl sites for hydroxylation is 2. The molecular weight excluding hydrogens is 841 g/mol. The van der Waals surface area contributed by atoms with Crippen LogP contribution in [0.3, 0.4) is 0 Å². The summed E-state index contributed by atoms with van der Waals surface area (Å²) in [7, 11) is 0. The van der Waals surface area contributed by atoms with E-state index in [4.69, 9.17) is 56.2 Å². The van der Waals surface area contributed by atoms with Gasteiger partial charge in [-0.05, 0) is 13.8 Å². The lowest BCUT2D eigenvalue weighted by molar-refractivity contribution is 0.167. The fraction of sp³-hybridized carbons (Fsp3) is 0.368. The van der Waals surface area contributed by atoms with Gasteiger partial charge in [-0.3, -0.25) is 0 Å². The Labute approximate surface area is 338 Å². The van der Waals surface area contributed by atoms with Crippen LogP contribution in [0.1, 0.15) is 9.75 Å². The van der Waals surface area contributed by atoms with Gasteiger partial charge in [-0.15, -0.1) is 68.0 Å². The van der Waals surface area contributed by atoms with Crippen LogP contribution in [0.25, 0.3) is 0 Å². The number of hydrogen-bond acceptors (Lipinski definition) is 16. The van der Waals surface area contributed by atoms with Crippen LogP contribution < -0.4 is 58.2 Å². The summed E-state index contributed by atoms with van der Waals surface area (Å²) in [6.07, 6.45) is 0. The molecule has 0 saturated carbocycles. The maximum atomic E-state index is 6.47. The molecule has 0 fully saturated rings. The molecule has 0 atom stereocenters. The Morgan fingerprint density at radius 1 is 0.286 bits per heavy atom.